The highest BCUT2D eigenvalue weighted by Crippen LogP contribution is 2.29. The minimum atomic E-state index is 0.0399. The molecule has 0 radical (unpaired) electrons. The number of hydrogen-bond acceptors (Lipinski definition) is 14. The van der Waals surface area contributed by atoms with E-state index in [1.807, 2.05) is 56.3 Å². The van der Waals surface area contributed by atoms with Crippen LogP contribution in [-0.2, 0) is 17.6 Å². The van der Waals surface area contributed by atoms with Crippen LogP contribution >= 0.6 is 0 Å². The third-order valence-corrected chi connectivity index (χ3v) is 8.72. The van der Waals surface area contributed by atoms with Gasteiger partial charge >= 0.3 is 0 Å². The Morgan fingerprint density at radius 3 is 1.38 bits per heavy atom. The van der Waals surface area contributed by atoms with Crippen LogP contribution < -0.4 is 23.7 Å². The Bertz CT molecular complexity index is 2440. The molecule has 0 aliphatic carbocycles. The monoisotopic (exact) mass is 934 g/mol. The number of methoxy groups -OCH3 is 4. The van der Waals surface area contributed by atoms with Gasteiger partial charge in [-0.2, -0.15) is 0 Å². The number of aldehydes is 2. The van der Waals surface area contributed by atoms with Gasteiger partial charge in [-0.1, -0.05) is 42.5 Å². The van der Waals surface area contributed by atoms with Crippen LogP contribution in [0.15, 0.2) is 140 Å². The minimum absolute atomic E-state index is 0.0399. The topological polar surface area (TPSA) is 219 Å². The van der Waals surface area contributed by atoms with Crippen LogP contribution in [0.3, 0.4) is 0 Å². The minimum Gasteiger partial charge on any atom is -0.508 e. The molecule has 0 fully saturated rings. The van der Waals surface area contributed by atoms with Gasteiger partial charge in [-0.25, -0.2) is 0 Å². The van der Waals surface area contributed by atoms with Crippen molar-refractivity contribution in [2.45, 2.75) is 40.0 Å². The normalized spacial score (nSPS) is 9.57. The van der Waals surface area contributed by atoms with Gasteiger partial charge in [0.05, 0.1) is 35.0 Å². The molecule has 68 heavy (non-hydrogen) atoms. The predicted octanol–water partition coefficient (Wildman–Crippen LogP) is 10.7. The van der Waals surface area contributed by atoms with Crippen molar-refractivity contribution in [2.75, 3.05) is 35.0 Å². The van der Waals surface area contributed by atoms with Gasteiger partial charge in [0.2, 0.25) is 0 Å². The van der Waals surface area contributed by atoms with E-state index in [-0.39, 0.29) is 40.3 Å². The molecule has 0 aliphatic rings. The fourth-order valence-corrected chi connectivity index (χ4v) is 5.21. The number of aromatic hydroxyl groups is 6. The van der Waals surface area contributed by atoms with Crippen molar-refractivity contribution < 1.29 is 68.7 Å². The zero-order valence-corrected chi connectivity index (χ0v) is 39.4. The van der Waals surface area contributed by atoms with E-state index >= 15 is 0 Å². The average Bonchev–Trinajstić information content (AvgIpc) is 3.35. The molecular formula is C54H62O14. The second-order valence-electron chi connectivity index (χ2n) is 13.8. The number of ketones is 1. The molecule has 6 rings (SSSR count). The number of aryl methyl sites for hydroxylation is 1. The van der Waals surface area contributed by atoms with Crippen LogP contribution in [0.2, 0.25) is 0 Å². The number of rotatable bonds is 14. The summed E-state index contributed by atoms with van der Waals surface area (Å²) in [6.45, 7) is 9.44. The van der Waals surface area contributed by atoms with Crippen LogP contribution in [0.1, 0.15) is 64.6 Å². The number of ether oxygens (including phenoxy) is 5. The fourth-order valence-electron chi connectivity index (χ4n) is 5.21. The molecule has 6 N–H and O–H groups in total. The van der Waals surface area contributed by atoms with E-state index in [9.17, 15) is 29.7 Å². The maximum absolute atomic E-state index is 10.6. The Hall–Kier alpha value is -8.39. The van der Waals surface area contributed by atoms with Gasteiger partial charge in [0, 0.05) is 17.5 Å². The van der Waals surface area contributed by atoms with Gasteiger partial charge in [0.1, 0.15) is 35.6 Å². The highest BCUT2D eigenvalue weighted by atomic mass is 16.5. The molecule has 0 unspecified atom stereocenters. The molecule has 0 heterocycles. The molecule has 0 aromatic heterocycles. The van der Waals surface area contributed by atoms with Crippen molar-refractivity contribution in [1.82, 2.24) is 0 Å². The Labute approximate surface area is 398 Å². The second kappa shape index (κ2) is 33.1. The number of hydrogen-bond donors (Lipinski definition) is 6. The molecule has 0 aliphatic heterocycles. The first-order valence-corrected chi connectivity index (χ1v) is 20.9. The fraction of sp³-hybridized carbons (Fsp3) is 0.204. The summed E-state index contributed by atoms with van der Waals surface area (Å²) < 4.78 is 24.6. The molecule has 0 spiro atoms. The highest BCUT2D eigenvalue weighted by molar-refractivity contribution is 5.77. The summed E-state index contributed by atoms with van der Waals surface area (Å²) in [6, 6.07) is 32.9. The summed E-state index contributed by atoms with van der Waals surface area (Å²) in [6.07, 6.45) is 9.22. The summed E-state index contributed by atoms with van der Waals surface area (Å²) in [7, 11) is 6.09. The van der Waals surface area contributed by atoms with E-state index in [2.05, 4.69) is 6.58 Å². The number of benzene rings is 6. The Morgan fingerprint density at radius 1 is 0.544 bits per heavy atom. The van der Waals surface area contributed by atoms with Crippen LogP contribution in [0.25, 0.3) is 6.08 Å². The highest BCUT2D eigenvalue weighted by Gasteiger charge is 2.04. The van der Waals surface area contributed by atoms with E-state index in [1.165, 1.54) is 57.7 Å². The van der Waals surface area contributed by atoms with E-state index in [0.29, 0.717) is 59.7 Å². The Balaban J connectivity index is 0.000000409. The van der Waals surface area contributed by atoms with Crippen LogP contribution in [0, 0.1) is 0 Å². The van der Waals surface area contributed by atoms with Gasteiger partial charge in [-0.05, 0) is 147 Å². The SMILES string of the molecule is C/C=C/c1ccc(O)c(OC)c1.C=CCc1ccc(O)c(OC)c1.CC(=O)CCc1ccc(O)cc1.CCOc1cc(C=O)ccc1O.COc1cc(C=O)ccc1O.COc1ccc(O)cc1. The summed E-state index contributed by atoms with van der Waals surface area (Å²) in [4.78, 5) is 31.2. The van der Waals surface area contributed by atoms with Crippen molar-refractivity contribution >= 4 is 24.4 Å². The lowest BCUT2D eigenvalue weighted by Crippen LogP contribution is -1.93. The molecular weight excluding hydrogens is 873 g/mol. The standard InChI is InChI=1S/3C10H12O2.C9H10O3.C8H8O3.C7H8O2/c1-8(11)2-3-9-4-6-10(12)7-5-9;2*1-3-4-8-5-6-9(11)10(7-8)12-2;1-2-12-9-5-7(6-10)3-4-8(9)11;1-11-8-4-6(5-9)2-3-7(8)10;1-9-7-4-2-6(8)3-5-7/h4-7,12H,2-3H2,1H3;3-7,11H,1-2H3;3,5-7,11H,1,4H2,2H3;3-6,11H,2H2,1H3;2-5,10H,1H3;2-5,8H,1H3/b;4-3+;;;;. The van der Waals surface area contributed by atoms with Crippen LogP contribution in [0.4, 0.5) is 0 Å². The molecule has 14 heteroatoms. The number of allylic oxidation sites excluding steroid dienone is 2. The quantitative estimate of drug-likeness (QED) is 0.0442. The lowest BCUT2D eigenvalue weighted by molar-refractivity contribution is -0.117. The number of Topliss-reactive ketones (excluding diaryl/α,β-unsaturated/α-hetero) is 1. The van der Waals surface area contributed by atoms with Crippen molar-refractivity contribution in [3.63, 3.8) is 0 Å². The molecule has 362 valence electrons. The molecule has 0 saturated carbocycles. The third-order valence-electron chi connectivity index (χ3n) is 8.72. The zero-order chi connectivity index (χ0) is 50.9. The van der Waals surface area contributed by atoms with Gasteiger partial charge < -0.3 is 59.1 Å². The number of phenolic OH excluding ortho intramolecular Hbond substituents is 6. The molecule has 0 atom stereocenters. The Morgan fingerprint density at radius 2 is 0.956 bits per heavy atom. The van der Waals surface area contributed by atoms with Crippen molar-refractivity contribution in [2.24, 2.45) is 0 Å². The smallest absolute Gasteiger partial charge is 0.161 e. The second-order valence-corrected chi connectivity index (χ2v) is 13.8. The summed E-state index contributed by atoms with van der Waals surface area (Å²) in [5.41, 5.74) is 4.17. The van der Waals surface area contributed by atoms with Gasteiger partial charge in [-0.15, -0.1) is 6.58 Å². The summed E-state index contributed by atoms with van der Waals surface area (Å²) in [5.74, 6) is 3.60. The predicted molar refractivity (Wildman–Crippen MR) is 264 cm³/mol. The van der Waals surface area contributed by atoms with E-state index in [1.54, 1.807) is 74.7 Å². The summed E-state index contributed by atoms with van der Waals surface area (Å²) in [5, 5.41) is 54.6. The van der Waals surface area contributed by atoms with Crippen LogP contribution in [0.5, 0.6) is 63.2 Å². The zero-order valence-electron chi connectivity index (χ0n) is 39.4. The lowest BCUT2D eigenvalue weighted by atomic mass is 10.1. The van der Waals surface area contributed by atoms with Crippen LogP contribution in [-0.4, -0.2) is 84.0 Å². The van der Waals surface area contributed by atoms with Gasteiger partial charge in [0.15, 0.2) is 46.0 Å². The van der Waals surface area contributed by atoms with Crippen molar-refractivity contribution in [3.05, 3.63) is 168 Å². The maximum atomic E-state index is 10.6. The molecule has 0 saturated heterocycles. The average molecular weight is 935 g/mol. The van der Waals surface area contributed by atoms with Crippen molar-refractivity contribution in [1.29, 1.82) is 0 Å². The largest absolute Gasteiger partial charge is 0.508 e. The Kier molecular flexibility index (Phi) is 28.1. The van der Waals surface area contributed by atoms with E-state index in [4.69, 9.17) is 39.0 Å². The molecule has 0 amide bonds. The van der Waals surface area contributed by atoms with Gasteiger partial charge in [-0.3, -0.25) is 9.59 Å². The molecule has 6 aromatic carbocycles. The third kappa shape index (κ3) is 23.0. The number of phenols is 6. The number of carbonyl (C=O) groups excluding carboxylic acids is 3. The van der Waals surface area contributed by atoms with Crippen molar-refractivity contribution in [3.8, 4) is 63.2 Å². The van der Waals surface area contributed by atoms with E-state index < -0.39 is 0 Å². The lowest BCUT2D eigenvalue weighted by Gasteiger charge is -2.04. The molecule has 6 aromatic rings. The summed E-state index contributed by atoms with van der Waals surface area (Å²) >= 11 is 0. The van der Waals surface area contributed by atoms with Gasteiger partial charge in [0.25, 0.3) is 0 Å². The first-order valence-electron chi connectivity index (χ1n) is 20.9. The first-order chi connectivity index (χ1) is 32.6. The maximum Gasteiger partial charge on any atom is 0.161 e. The van der Waals surface area contributed by atoms with E-state index in [0.717, 1.165) is 35.3 Å². The molecule has 14 nitrogen and oxygen atoms in total. The first kappa shape index (κ1) is 57.6. The number of carbonyl (C=O) groups is 3. The molecule has 0 bridgehead atoms.